The maximum Gasteiger partial charge on any atom is 0.147 e. The fourth-order valence-corrected chi connectivity index (χ4v) is 2.82. The Kier molecular flexibility index (Phi) is 4.52. The molecule has 0 spiro atoms. The van der Waals surface area contributed by atoms with Crippen molar-refractivity contribution in [2.75, 3.05) is 18.0 Å². The van der Waals surface area contributed by atoms with Crippen molar-refractivity contribution in [3.05, 3.63) is 22.8 Å². The number of aromatic nitrogens is 1. The van der Waals surface area contributed by atoms with Gasteiger partial charge in [0, 0.05) is 25.2 Å². The summed E-state index contributed by atoms with van der Waals surface area (Å²) in [7, 11) is 0. The third-order valence-electron chi connectivity index (χ3n) is 3.43. The Labute approximate surface area is 113 Å². The predicted molar refractivity (Wildman–Crippen MR) is 74.0 cm³/mol. The molecule has 2 rings (SSSR count). The minimum atomic E-state index is 0.463. The summed E-state index contributed by atoms with van der Waals surface area (Å²) in [6.07, 6.45) is 5.61. The SMILES string of the molecule is CCC1CCCN(c2ncc(CCl)cc2Cl)C1. The van der Waals surface area contributed by atoms with Gasteiger partial charge < -0.3 is 4.90 Å². The van der Waals surface area contributed by atoms with Gasteiger partial charge >= 0.3 is 0 Å². The van der Waals surface area contributed by atoms with Crippen LogP contribution < -0.4 is 4.90 Å². The highest BCUT2D eigenvalue weighted by Crippen LogP contribution is 2.29. The Morgan fingerprint density at radius 2 is 2.35 bits per heavy atom. The van der Waals surface area contributed by atoms with E-state index in [0.29, 0.717) is 5.88 Å². The molecule has 2 heterocycles. The van der Waals surface area contributed by atoms with E-state index < -0.39 is 0 Å². The molecule has 0 aliphatic carbocycles. The first-order valence-corrected chi connectivity index (χ1v) is 7.11. The van der Waals surface area contributed by atoms with Crippen molar-refractivity contribution in [3.8, 4) is 0 Å². The molecule has 0 saturated carbocycles. The predicted octanol–water partition coefficient (Wildman–Crippen LogP) is 4.10. The highest BCUT2D eigenvalue weighted by atomic mass is 35.5. The average Bonchev–Trinajstić information content (AvgIpc) is 2.38. The Hall–Kier alpha value is -0.470. The standard InChI is InChI=1S/C13H18Cl2N2/c1-2-10-4-3-5-17(9-10)13-12(15)6-11(7-14)8-16-13/h6,8,10H,2-5,7,9H2,1H3. The minimum Gasteiger partial charge on any atom is -0.355 e. The molecule has 0 amide bonds. The van der Waals surface area contributed by atoms with Crippen molar-refractivity contribution in [2.24, 2.45) is 5.92 Å². The van der Waals surface area contributed by atoms with Gasteiger partial charge in [-0.15, -0.1) is 11.6 Å². The van der Waals surface area contributed by atoms with Gasteiger partial charge in [-0.3, -0.25) is 0 Å². The van der Waals surface area contributed by atoms with E-state index in [2.05, 4.69) is 16.8 Å². The number of rotatable bonds is 3. The Balaban J connectivity index is 2.16. The lowest BCUT2D eigenvalue weighted by atomic mass is 9.96. The zero-order valence-electron chi connectivity index (χ0n) is 10.1. The van der Waals surface area contributed by atoms with Gasteiger partial charge in [0.2, 0.25) is 0 Å². The highest BCUT2D eigenvalue weighted by molar-refractivity contribution is 6.33. The number of halogens is 2. The van der Waals surface area contributed by atoms with Gasteiger partial charge in [-0.1, -0.05) is 24.9 Å². The molecular formula is C13H18Cl2N2. The zero-order valence-corrected chi connectivity index (χ0v) is 11.6. The lowest BCUT2D eigenvalue weighted by molar-refractivity contribution is 0.403. The summed E-state index contributed by atoms with van der Waals surface area (Å²) in [5, 5.41) is 0.722. The lowest BCUT2D eigenvalue weighted by Crippen LogP contribution is -2.35. The van der Waals surface area contributed by atoms with Crippen molar-refractivity contribution in [3.63, 3.8) is 0 Å². The van der Waals surface area contributed by atoms with Gasteiger partial charge in [-0.05, 0) is 30.4 Å². The van der Waals surface area contributed by atoms with Gasteiger partial charge in [0.1, 0.15) is 5.82 Å². The average molecular weight is 273 g/mol. The van der Waals surface area contributed by atoms with Gasteiger partial charge in [0.15, 0.2) is 0 Å². The van der Waals surface area contributed by atoms with Crippen LogP contribution in [0.3, 0.4) is 0 Å². The fourth-order valence-electron chi connectivity index (χ4n) is 2.37. The highest BCUT2D eigenvalue weighted by Gasteiger charge is 2.21. The second-order valence-electron chi connectivity index (χ2n) is 4.65. The Morgan fingerprint density at radius 1 is 1.53 bits per heavy atom. The maximum absolute atomic E-state index is 6.27. The molecule has 4 heteroatoms. The zero-order chi connectivity index (χ0) is 12.3. The number of piperidine rings is 1. The molecule has 17 heavy (non-hydrogen) atoms. The fraction of sp³-hybridized carbons (Fsp3) is 0.615. The molecule has 1 unspecified atom stereocenters. The smallest absolute Gasteiger partial charge is 0.147 e. The van der Waals surface area contributed by atoms with Crippen LogP contribution in [0.4, 0.5) is 5.82 Å². The number of hydrogen-bond donors (Lipinski definition) is 0. The summed E-state index contributed by atoms with van der Waals surface area (Å²) < 4.78 is 0. The van der Waals surface area contributed by atoms with E-state index in [0.717, 1.165) is 35.4 Å². The number of hydrogen-bond acceptors (Lipinski definition) is 2. The summed E-state index contributed by atoms with van der Waals surface area (Å²) >= 11 is 12.0. The molecule has 0 N–H and O–H groups in total. The van der Waals surface area contributed by atoms with Gasteiger partial charge in [-0.2, -0.15) is 0 Å². The van der Waals surface area contributed by atoms with Gasteiger partial charge in [0.05, 0.1) is 5.02 Å². The molecule has 1 fully saturated rings. The molecule has 0 radical (unpaired) electrons. The third kappa shape index (κ3) is 3.05. The molecular weight excluding hydrogens is 255 g/mol. The second-order valence-corrected chi connectivity index (χ2v) is 5.32. The van der Waals surface area contributed by atoms with Crippen molar-refractivity contribution in [2.45, 2.75) is 32.1 Å². The number of pyridine rings is 1. The van der Waals surface area contributed by atoms with Crippen molar-refractivity contribution >= 4 is 29.0 Å². The van der Waals surface area contributed by atoms with E-state index in [1.807, 2.05) is 12.3 Å². The van der Waals surface area contributed by atoms with Gasteiger partial charge in [-0.25, -0.2) is 4.98 Å². The van der Waals surface area contributed by atoms with E-state index in [4.69, 9.17) is 23.2 Å². The lowest BCUT2D eigenvalue weighted by Gasteiger charge is -2.33. The van der Waals surface area contributed by atoms with Crippen LogP contribution in [0.15, 0.2) is 12.3 Å². The van der Waals surface area contributed by atoms with Crippen LogP contribution in [-0.4, -0.2) is 18.1 Å². The van der Waals surface area contributed by atoms with E-state index >= 15 is 0 Å². The van der Waals surface area contributed by atoms with Crippen LogP contribution in [0.25, 0.3) is 0 Å². The van der Waals surface area contributed by atoms with Gasteiger partial charge in [0.25, 0.3) is 0 Å². The summed E-state index contributed by atoms with van der Waals surface area (Å²) in [6, 6.07) is 1.92. The van der Waals surface area contributed by atoms with Crippen LogP contribution >= 0.6 is 23.2 Å². The molecule has 0 aromatic carbocycles. The normalized spacial score (nSPS) is 20.6. The molecule has 1 atom stereocenters. The quantitative estimate of drug-likeness (QED) is 0.771. The van der Waals surface area contributed by atoms with E-state index in [9.17, 15) is 0 Å². The van der Waals surface area contributed by atoms with E-state index in [-0.39, 0.29) is 0 Å². The van der Waals surface area contributed by atoms with Crippen molar-refractivity contribution < 1.29 is 0 Å². The summed E-state index contributed by atoms with van der Waals surface area (Å²) in [5.41, 5.74) is 0.976. The monoisotopic (exact) mass is 272 g/mol. The first-order valence-electron chi connectivity index (χ1n) is 6.20. The first-order chi connectivity index (χ1) is 8.24. The first kappa shape index (κ1) is 13.0. The van der Waals surface area contributed by atoms with E-state index in [1.165, 1.54) is 19.3 Å². The van der Waals surface area contributed by atoms with Crippen LogP contribution in [-0.2, 0) is 5.88 Å². The maximum atomic E-state index is 6.27. The molecule has 1 aliphatic rings. The largest absolute Gasteiger partial charge is 0.355 e. The topological polar surface area (TPSA) is 16.1 Å². The summed E-state index contributed by atoms with van der Waals surface area (Å²) in [5.74, 6) is 2.15. The van der Waals surface area contributed by atoms with Crippen molar-refractivity contribution in [1.29, 1.82) is 0 Å². The third-order valence-corrected chi connectivity index (χ3v) is 4.02. The summed E-state index contributed by atoms with van der Waals surface area (Å²) in [6.45, 7) is 4.38. The molecule has 94 valence electrons. The molecule has 0 bridgehead atoms. The van der Waals surface area contributed by atoms with Crippen LogP contribution in [0.1, 0.15) is 31.7 Å². The molecule has 1 aromatic rings. The molecule has 1 saturated heterocycles. The van der Waals surface area contributed by atoms with Crippen LogP contribution in [0, 0.1) is 5.92 Å². The summed E-state index contributed by atoms with van der Waals surface area (Å²) in [4.78, 5) is 6.75. The minimum absolute atomic E-state index is 0.463. The van der Waals surface area contributed by atoms with Crippen LogP contribution in [0.5, 0.6) is 0 Å². The number of alkyl halides is 1. The van der Waals surface area contributed by atoms with Crippen molar-refractivity contribution in [1.82, 2.24) is 4.98 Å². The van der Waals surface area contributed by atoms with Crippen LogP contribution in [0.2, 0.25) is 5.02 Å². The van der Waals surface area contributed by atoms with E-state index in [1.54, 1.807) is 0 Å². The number of anilines is 1. The molecule has 1 aromatic heterocycles. The molecule has 2 nitrogen and oxygen atoms in total. The second kappa shape index (κ2) is 5.92. The Bertz CT molecular complexity index is 382. The number of nitrogens with zero attached hydrogens (tertiary/aromatic N) is 2. The Morgan fingerprint density at radius 3 is 3.00 bits per heavy atom. The molecule has 1 aliphatic heterocycles.